The van der Waals surface area contributed by atoms with Crippen molar-refractivity contribution in [3.8, 4) is 0 Å². The molecule has 45 heavy (non-hydrogen) atoms. The minimum atomic E-state index is -0.277. The normalized spacial score (nSPS) is 22.5. The number of fused-ring (bicyclic) bond motifs is 1. The van der Waals surface area contributed by atoms with Crippen LogP contribution in [0.4, 0.5) is 22.1 Å². The molecule has 1 spiro atoms. The number of aromatic nitrogens is 6. The quantitative estimate of drug-likeness (QED) is 0.304. The SMILES string of the molecule is Cc1ccnc([C@H]2C[C@@H]2C(=O)Nc2cc(N[C@H](C)c3cn4cc(C5CC5)cc(N5CC6(COC6)N(C)C5=O)c4n3)nc(C)n2)n1. The third-order valence-corrected chi connectivity index (χ3v) is 9.50. The Morgan fingerprint density at radius 1 is 1.09 bits per heavy atom. The molecular weight excluding hydrogens is 572 g/mol. The molecule has 2 aliphatic carbocycles. The van der Waals surface area contributed by atoms with E-state index in [1.54, 1.807) is 19.2 Å². The molecule has 2 N–H and O–H groups in total. The van der Waals surface area contributed by atoms with Crippen LogP contribution >= 0.6 is 0 Å². The number of likely N-dealkylation sites (N-methyl/N-ethyl adjacent to an activating group) is 1. The number of ether oxygens (including phenoxy) is 1. The minimum absolute atomic E-state index is 0.0228. The Morgan fingerprint density at radius 2 is 1.89 bits per heavy atom. The van der Waals surface area contributed by atoms with Crippen LogP contribution < -0.4 is 15.5 Å². The fourth-order valence-corrected chi connectivity index (χ4v) is 6.47. The van der Waals surface area contributed by atoms with E-state index in [2.05, 4.69) is 42.8 Å². The first kappa shape index (κ1) is 27.9. The summed E-state index contributed by atoms with van der Waals surface area (Å²) in [5, 5.41) is 6.41. The molecule has 13 nitrogen and oxygen atoms in total. The molecule has 4 aromatic rings. The third-order valence-electron chi connectivity index (χ3n) is 9.50. The molecule has 0 radical (unpaired) electrons. The predicted octanol–water partition coefficient (Wildman–Crippen LogP) is 3.96. The Labute approximate surface area is 260 Å². The van der Waals surface area contributed by atoms with E-state index in [0.717, 1.165) is 35.6 Å². The molecule has 13 heteroatoms. The number of pyridine rings is 1. The van der Waals surface area contributed by atoms with E-state index in [1.807, 2.05) is 47.4 Å². The van der Waals surface area contributed by atoms with Crippen molar-refractivity contribution in [3.63, 3.8) is 0 Å². The van der Waals surface area contributed by atoms with E-state index in [-0.39, 0.29) is 35.4 Å². The van der Waals surface area contributed by atoms with Gasteiger partial charge in [-0.25, -0.2) is 29.7 Å². The van der Waals surface area contributed by atoms with Crippen molar-refractivity contribution in [2.75, 3.05) is 42.3 Å². The number of hydrogen-bond acceptors (Lipinski definition) is 9. The Morgan fingerprint density at radius 3 is 2.60 bits per heavy atom. The molecule has 8 rings (SSSR count). The molecule has 0 aromatic carbocycles. The lowest BCUT2D eigenvalue weighted by Crippen LogP contribution is -2.60. The van der Waals surface area contributed by atoms with Crippen LogP contribution in [0.3, 0.4) is 0 Å². The maximum absolute atomic E-state index is 13.4. The number of carbonyl (C=O) groups is 2. The summed E-state index contributed by atoms with van der Waals surface area (Å²) < 4.78 is 7.55. The van der Waals surface area contributed by atoms with Crippen molar-refractivity contribution in [1.29, 1.82) is 0 Å². The first-order valence-corrected chi connectivity index (χ1v) is 15.6. The van der Waals surface area contributed by atoms with Crippen LogP contribution in [-0.2, 0) is 9.53 Å². The molecular formula is C32H36N10O3. The van der Waals surface area contributed by atoms with Gasteiger partial charge < -0.3 is 24.7 Å². The zero-order valence-electron chi connectivity index (χ0n) is 25.8. The maximum Gasteiger partial charge on any atom is 0.325 e. The van der Waals surface area contributed by atoms with Crippen molar-refractivity contribution in [3.05, 3.63) is 65.4 Å². The van der Waals surface area contributed by atoms with Crippen LogP contribution in [0.15, 0.2) is 36.8 Å². The predicted molar refractivity (Wildman–Crippen MR) is 166 cm³/mol. The van der Waals surface area contributed by atoms with Crippen LogP contribution in [0.25, 0.3) is 5.65 Å². The van der Waals surface area contributed by atoms with Crippen molar-refractivity contribution >= 4 is 34.9 Å². The fraction of sp³-hybridized carbons (Fsp3) is 0.469. The largest absolute Gasteiger partial charge is 0.376 e. The number of rotatable bonds is 8. The standard InChI is InChI=1S/C32H36N10O3/c1-17-7-8-33-28(34-17)22-10-23(22)30(43)39-27-11-26(36-19(3)37-27)35-18(2)24-13-41-12-21(20-5-6-20)9-25(29(41)38-24)42-14-32(15-45-16-32)40(4)31(42)44/h7-9,11-13,18,20,22-23H,5-6,10,14-16H2,1-4H3,(H2,35,36,37,39,43)/t18-,22+,23+/m1/s1. The number of hydrogen-bond donors (Lipinski definition) is 2. The molecule has 2 saturated heterocycles. The molecule has 3 amide bonds. The summed E-state index contributed by atoms with van der Waals surface area (Å²) >= 11 is 0. The molecule has 0 bridgehead atoms. The Kier molecular flexibility index (Phi) is 6.31. The second-order valence-corrected chi connectivity index (χ2v) is 13.0. The lowest BCUT2D eigenvalue weighted by Gasteiger charge is -2.41. The van der Waals surface area contributed by atoms with Gasteiger partial charge in [-0.3, -0.25) is 9.69 Å². The summed E-state index contributed by atoms with van der Waals surface area (Å²) in [7, 11) is 1.86. The summed E-state index contributed by atoms with van der Waals surface area (Å²) in [5.74, 6) is 2.52. The van der Waals surface area contributed by atoms with E-state index in [9.17, 15) is 9.59 Å². The van der Waals surface area contributed by atoms with Crippen LogP contribution in [0, 0.1) is 19.8 Å². The number of nitrogens with zero attached hydrogens (tertiary/aromatic N) is 8. The summed E-state index contributed by atoms with van der Waals surface area (Å²) in [4.78, 5) is 53.0. The third kappa shape index (κ3) is 4.95. The number of carbonyl (C=O) groups excluding carboxylic acids is 2. The average Bonchev–Trinajstić information content (AvgIpc) is 3.91. The topological polar surface area (TPSA) is 143 Å². The molecule has 3 atom stereocenters. The second-order valence-electron chi connectivity index (χ2n) is 13.0. The highest BCUT2D eigenvalue weighted by Gasteiger charge is 2.54. The van der Waals surface area contributed by atoms with Gasteiger partial charge in [-0.2, -0.15) is 0 Å². The van der Waals surface area contributed by atoms with Crippen molar-refractivity contribution in [2.45, 2.75) is 63.5 Å². The summed E-state index contributed by atoms with van der Waals surface area (Å²) in [6.45, 7) is 7.42. The first-order valence-electron chi connectivity index (χ1n) is 15.6. The van der Waals surface area contributed by atoms with Crippen LogP contribution in [0.2, 0.25) is 0 Å². The zero-order valence-corrected chi connectivity index (χ0v) is 25.8. The average molecular weight is 609 g/mol. The molecule has 6 heterocycles. The summed E-state index contributed by atoms with van der Waals surface area (Å²) in [6, 6.07) is 5.50. The van der Waals surface area contributed by atoms with E-state index in [0.29, 0.717) is 55.4 Å². The summed E-state index contributed by atoms with van der Waals surface area (Å²) in [5.41, 5.74) is 4.22. The molecule has 0 unspecified atom stereocenters. The van der Waals surface area contributed by atoms with Crippen LogP contribution in [0.1, 0.15) is 72.7 Å². The zero-order chi connectivity index (χ0) is 31.0. The molecule has 4 fully saturated rings. The number of anilines is 3. The highest BCUT2D eigenvalue weighted by molar-refractivity contribution is 5.99. The maximum atomic E-state index is 13.4. The van der Waals surface area contributed by atoms with Gasteiger partial charge in [0.1, 0.15) is 28.8 Å². The Hall–Kier alpha value is -4.65. The fourth-order valence-electron chi connectivity index (χ4n) is 6.47. The number of amides is 3. The number of aryl methyl sites for hydroxylation is 2. The van der Waals surface area contributed by atoms with Gasteiger partial charge in [0.2, 0.25) is 5.91 Å². The van der Waals surface area contributed by atoms with Crippen LogP contribution in [-0.4, -0.2) is 78.5 Å². The van der Waals surface area contributed by atoms with Crippen molar-refractivity contribution in [1.82, 2.24) is 34.2 Å². The second kappa shape index (κ2) is 10.2. The summed E-state index contributed by atoms with van der Waals surface area (Å²) in [6.07, 6.45) is 8.92. The number of nitrogens with one attached hydrogen (secondary N) is 2. The van der Waals surface area contributed by atoms with E-state index in [4.69, 9.17) is 9.72 Å². The molecule has 2 aliphatic heterocycles. The van der Waals surface area contributed by atoms with E-state index < -0.39 is 0 Å². The first-order chi connectivity index (χ1) is 21.7. The minimum Gasteiger partial charge on any atom is -0.376 e. The van der Waals surface area contributed by atoms with Gasteiger partial charge in [0.05, 0.1) is 37.2 Å². The van der Waals surface area contributed by atoms with E-state index in [1.165, 1.54) is 5.56 Å². The van der Waals surface area contributed by atoms with Crippen molar-refractivity contribution in [2.24, 2.45) is 5.92 Å². The number of imidazole rings is 1. The number of urea groups is 1. The van der Waals surface area contributed by atoms with Gasteiger partial charge in [0, 0.05) is 49.2 Å². The highest BCUT2D eigenvalue weighted by Crippen LogP contribution is 2.47. The van der Waals surface area contributed by atoms with Gasteiger partial charge in [-0.15, -0.1) is 0 Å². The van der Waals surface area contributed by atoms with Gasteiger partial charge in [0.15, 0.2) is 5.65 Å². The van der Waals surface area contributed by atoms with Gasteiger partial charge in [0.25, 0.3) is 0 Å². The molecule has 2 saturated carbocycles. The Bertz CT molecular complexity index is 1850. The van der Waals surface area contributed by atoms with Gasteiger partial charge >= 0.3 is 6.03 Å². The monoisotopic (exact) mass is 608 g/mol. The Balaban J connectivity index is 1.02. The van der Waals surface area contributed by atoms with E-state index >= 15 is 0 Å². The highest BCUT2D eigenvalue weighted by atomic mass is 16.5. The molecule has 4 aliphatic rings. The lowest BCUT2D eigenvalue weighted by molar-refractivity contribution is -0.117. The van der Waals surface area contributed by atoms with Crippen LogP contribution in [0.5, 0.6) is 0 Å². The van der Waals surface area contributed by atoms with Gasteiger partial charge in [-0.05, 0) is 63.6 Å². The molecule has 4 aromatic heterocycles. The molecule has 232 valence electrons. The smallest absolute Gasteiger partial charge is 0.325 e. The van der Waals surface area contributed by atoms with Crippen molar-refractivity contribution < 1.29 is 14.3 Å². The lowest BCUT2D eigenvalue weighted by atomic mass is 9.97. The van der Waals surface area contributed by atoms with Gasteiger partial charge in [-0.1, -0.05) is 0 Å².